The van der Waals surface area contributed by atoms with Crippen LogP contribution in [0.3, 0.4) is 0 Å². The van der Waals surface area contributed by atoms with E-state index in [1.165, 1.54) is 5.56 Å². The zero-order valence-corrected chi connectivity index (χ0v) is 18.0. The maximum absolute atomic E-state index is 5.97. The molecular weight excluding hydrogens is 406 g/mol. The summed E-state index contributed by atoms with van der Waals surface area (Å²) in [7, 11) is 0. The molecule has 1 aromatic heterocycles. The minimum atomic E-state index is 0.268. The van der Waals surface area contributed by atoms with Crippen molar-refractivity contribution in [3.8, 4) is 0 Å². The number of rotatable bonds is 7. The van der Waals surface area contributed by atoms with Gasteiger partial charge in [0.2, 0.25) is 0 Å². The number of nitrogens with zero attached hydrogens (tertiary/aromatic N) is 1. The van der Waals surface area contributed by atoms with Crippen LogP contribution in [0.2, 0.25) is 5.02 Å². The van der Waals surface area contributed by atoms with Crippen molar-refractivity contribution in [2.75, 3.05) is 5.32 Å². The van der Waals surface area contributed by atoms with Crippen LogP contribution < -0.4 is 10.6 Å². The van der Waals surface area contributed by atoms with Crippen molar-refractivity contribution in [1.29, 1.82) is 0 Å². The van der Waals surface area contributed by atoms with Crippen LogP contribution in [0.15, 0.2) is 82.8 Å². The van der Waals surface area contributed by atoms with E-state index < -0.39 is 0 Å². The lowest BCUT2D eigenvalue weighted by atomic mass is 10.1. The molecule has 0 saturated carbocycles. The van der Waals surface area contributed by atoms with E-state index >= 15 is 0 Å². The van der Waals surface area contributed by atoms with Gasteiger partial charge < -0.3 is 10.6 Å². The SMILES string of the molecule is C[C@H](CCc1ccccc1)NC(=S)Nc1cccnc1Sc1ccc(Cl)cc1. The van der Waals surface area contributed by atoms with Crippen LogP contribution in [0.1, 0.15) is 18.9 Å². The molecule has 28 heavy (non-hydrogen) atoms. The summed E-state index contributed by atoms with van der Waals surface area (Å²) < 4.78 is 0. The summed E-state index contributed by atoms with van der Waals surface area (Å²) in [6.07, 6.45) is 3.80. The predicted molar refractivity (Wildman–Crippen MR) is 123 cm³/mol. The van der Waals surface area contributed by atoms with Gasteiger partial charge in [0.1, 0.15) is 5.03 Å². The topological polar surface area (TPSA) is 37.0 Å². The first-order chi connectivity index (χ1) is 13.6. The van der Waals surface area contributed by atoms with Gasteiger partial charge in [0, 0.05) is 22.2 Å². The fourth-order valence-corrected chi connectivity index (χ4v) is 3.94. The number of halogens is 1. The van der Waals surface area contributed by atoms with Crippen molar-refractivity contribution in [2.24, 2.45) is 0 Å². The normalized spacial score (nSPS) is 11.6. The highest BCUT2D eigenvalue weighted by molar-refractivity contribution is 7.99. The minimum Gasteiger partial charge on any atom is -0.360 e. The highest BCUT2D eigenvalue weighted by Crippen LogP contribution is 2.32. The highest BCUT2D eigenvalue weighted by Gasteiger charge is 2.09. The molecular formula is C22H22ClN3S2. The standard InChI is InChI=1S/C22H22ClN3S2/c1-16(9-10-17-6-3-2-4-7-17)25-22(27)26-20-8-5-15-24-21(20)28-19-13-11-18(23)12-14-19/h2-8,11-16H,9-10H2,1H3,(H2,25,26,27)/t16-/m1/s1. The second kappa shape index (κ2) is 10.5. The molecule has 3 nitrogen and oxygen atoms in total. The Labute approximate surface area is 180 Å². The van der Waals surface area contributed by atoms with Gasteiger partial charge >= 0.3 is 0 Å². The molecule has 0 radical (unpaired) electrons. The molecule has 0 unspecified atom stereocenters. The van der Waals surface area contributed by atoms with Gasteiger partial charge in [-0.15, -0.1) is 0 Å². The molecule has 2 aromatic carbocycles. The van der Waals surface area contributed by atoms with Gasteiger partial charge in [-0.1, -0.05) is 53.7 Å². The van der Waals surface area contributed by atoms with Gasteiger partial charge in [-0.25, -0.2) is 4.98 Å². The Bertz CT molecular complexity index is 901. The Morgan fingerprint density at radius 1 is 1.07 bits per heavy atom. The zero-order valence-electron chi connectivity index (χ0n) is 15.6. The van der Waals surface area contributed by atoms with Crippen molar-refractivity contribution < 1.29 is 0 Å². The third-order valence-electron chi connectivity index (χ3n) is 4.13. The Morgan fingerprint density at radius 2 is 1.82 bits per heavy atom. The van der Waals surface area contributed by atoms with E-state index in [9.17, 15) is 0 Å². The number of aryl methyl sites for hydroxylation is 1. The Hall–Kier alpha value is -2.08. The van der Waals surface area contributed by atoms with Gasteiger partial charge in [0.25, 0.3) is 0 Å². The number of nitrogens with one attached hydrogen (secondary N) is 2. The minimum absolute atomic E-state index is 0.268. The first-order valence-electron chi connectivity index (χ1n) is 9.10. The van der Waals surface area contributed by atoms with E-state index in [1.807, 2.05) is 42.5 Å². The molecule has 3 rings (SSSR count). The van der Waals surface area contributed by atoms with Crippen LogP contribution in [0, 0.1) is 0 Å². The second-order valence-corrected chi connectivity index (χ2v) is 8.34. The van der Waals surface area contributed by atoms with Crippen molar-refractivity contribution in [3.63, 3.8) is 0 Å². The summed E-state index contributed by atoms with van der Waals surface area (Å²) in [6.45, 7) is 2.14. The molecule has 1 atom stereocenters. The average molecular weight is 428 g/mol. The molecule has 1 heterocycles. The number of hydrogen-bond donors (Lipinski definition) is 2. The first-order valence-corrected chi connectivity index (χ1v) is 10.7. The van der Waals surface area contributed by atoms with Crippen molar-refractivity contribution in [1.82, 2.24) is 10.3 Å². The van der Waals surface area contributed by atoms with Gasteiger partial charge in [0.15, 0.2) is 5.11 Å². The molecule has 0 fully saturated rings. The Kier molecular flexibility index (Phi) is 7.71. The summed E-state index contributed by atoms with van der Waals surface area (Å²) in [4.78, 5) is 5.56. The van der Waals surface area contributed by atoms with E-state index in [4.69, 9.17) is 23.8 Å². The summed E-state index contributed by atoms with van der Waals surface area (Å²) in [6, 6.07) is 22.3. The molecule has 6 heteroatoms. The number of anilines is 1. The number of aromatic nitrogens is 1. The number of thiocarbonyl (C=S) groups is 1. The predicted octanol–water partition coefficient (Wildman–Crippen LogP) is 6.19. The quantitative estimate of drug-likeness (QED) is 0.439. The van der Waals surface area contributed by atoms with Crippen LogP contribution in [0.25, 0.3) is 0 Å². The molecule has 0 aliphatic carbocycles. The van der Waals surface area contributed by atoms with E-state index in [0.717, 1.165) is 33.5 Å². The highest BCUT2D eigenvalue weighted by atomic mass is 35.5. The fraction of sp³-hybridized carbons (Fsp3) is 0.182. The van der Waals surface area contributed by atoms with Crippen molar-refractivity contribution >= 4 is 46.4 Å². The number of benzene rings is 2. The molecule has 0 spiro atoms. The molecule has 144 valence electrons. The molecule has 0 amide bonds. The van der Waals surface area contributed by atoms with E-state index in [0.29, 0.717) is 5.11 Å². The molecule has 2 N–H and O–H groups in total. The Balaban J connectivity index is 1.55. The van der Waals surface area contributed by atoms with Gasteiger partial charge in [-0.05, 0) is 73.9 Å². The van der Waals surface area contributed by atoms with Crippen molar-refractivity contribution in [2.45, 2.75) is 35.7 Å². The zero-order chi connectivity index (χ0) is 19.8. The van der Waals surface area contributed by atoms with Gasteiger partial charge in [0.05, 0.1) is 5.69 Å². The summed E-state index contributed by atoms with van der Waals surface area (Å²) >= 11 is 13.0. The lowest BCUT2D eigenvalue weighted by molar-refractivity contribution is 0.609. The summed E-state index contributed by atoms with van der Waals surface area (Å²) in [5, 5.41) is 8.84. The lowest BCUT2D eigenvalue weighted by Gasteiger charge is -2.18. The molecule has 0 saturated heterocycles. The molecule has 0 bridgehead atoms. The van der Waals surface area contributed by atoms with E-state index in [1.54, 1.807) is 18.0 Å². The maximum atomic E-state index is 5.97. The lowest BCUT2D eigenvalue weighted by Crippen LogP contribution is -2.36. The largest absolute Gasteiger partial charge is 0.360 e. The fourth-order valence-electron chi connectivity index (χ4n) is 2.66. The number of hydrogen-bond acceptors (Lipinski definition) is 3. The van der Waals surface area contributed by atoms with Crippen LogP contribution in [0.4, 0.5) is 5.69 Å². The monoisotopic (exact) mass is 427 g/mol. The maximum Gasteiger partial charge on any atom is 0.171 e. The van der Waals surface area contributed by atoms with Crippen LogP contribution in [-0.2, 0) is 6.42 Å². The van der Waals surface area contributed by atoms with E-state index in [-0.39, 0.29) is 6.04 Å². The van der Waals surface area contributed by atoms with Crippen LogP contribution >= 0.6 is 35.6 Å². The molecule has 0 aliphatic rings. The average Bonchev–Trinajstić information content (AvgIpc) is 2.70. The van der Waals surface area contributed by atoms with E-state index in [2.05, 4.69) is 46.8 Å². The third kappa shape index (κ3) is 6.51. The van der Waals surface area contributed by atoms with Crippen molar-refractivity contribution in [3.05, 3.63) is 83.5 Å². The van der Waals surface area contributed by atoms with Crippen LogP contribution in [0.5, 0.6) is 0 Å². The first kappa shape index (κ1) is 20.6. The summed E-state index contributed by atoms with van der Waals surface area (Å²) in [5.41, 5.74) is 2.22. The number of pyridine rings is 1. The van der Waals surface area contributed by atoms with Gasteiger partial charge in [-0.3, -0.25) is 0 Å². The smallest absolute Gasteiger partial charge is 0.171 e. The Morgan fingerprint density at radius 3 is 2.57 bits per heavy atom. The molecule has 0 aliphatic heterocycles. The summed E-state index contributed by atoms with van der Waals surface area (Å²) in [5.74, 6) is 0. The third-order valence-corrected chi connectivity index (χ3v) is 5.63. The van der Waals surface area contributed by atoms with Crippen LogP contribution in [-0.4, -0.2) is 16.1 Å². The molecule has 3 aromatic rings. The second-order valence-electron chi connectivity index (χ2n) is 6.44. The van der Waals surface area contributed by atoms with Gasteiger partial charge in [-0.2, -0.15) is 0 Å².